The van der Waals surface area contributed by atoms with Crippen molar-refractivity contribution in [3.63, 3.8) is 0 Å². The van der Waals surface area contributed by atoms with Gasteiger partial charge in [-0.1, -0.05) is 20.8 Å². The number of furan rings is 1. The Morgan fingerprint density at radius 1 is 1.47 bits per heavy atom. The molecule has 3 unspecified atom stereocenters. The predicted octanol–water partition coefficient (Wildman–Crippen LogP) is 3.69. The van der Waals surface area contributed by atoms with Crippen LogP contribution in [-0.4, -0.2) is 18.5 Å². The molecule has 2 aliphatic carbocycles. The normalized spacial score (nSPS) is 35.7. The molecule has 3 atom stereocenters. The molecule has 2 bridgehead atoms. The molecular formula is C16H22O3. The second-order valence-corrected chi connectivity index (χ2v) is 6.81. The fourth-order valence-corrected chi connectivity index (χ4v) is 4.07. The molecule has 3 heteroatoms. The third-order valence-electron chi connectivity index (χ3n) is 5.93. The summed E-state index contributed by atoms with van der Waals surface area (Å²) in [5.74, 6) is 1.07. The van der Waals surface area contributed by atoms with E-state index in [0.29, 0.717) is 11.2 Å². The van der Waals surface area contributed by atoms with E-state index in [9.17, 15) is 4.79 Å². The highest BCUT2D eigenvalue weighted by Crippen LogP contribution is 2.66. The Bertz CT molecular complexity index is 474. The van der Waals surface area contributed by atoms with Crippen LogP contribution in [0.2, 0.25) is 0 Å². The Hall–Kier alpha value is -1.09. The molecule has 0 amide bonds. The van der Waals surface area contributed by atoms with Gasteiger partial charge in [-0.2, -0.15) is 0 Å². The van der Waals surface area contributed by atoms with Gasteiger partial charge < -0.3 is 9.15 Å². The summed E-state index contributed by atoms with van der Waals surface area (Å²) in [6.45, 7) is 7.16. The lowest BCUT2D eigenvalue weighted by Crippen LogP contribution is -2.38. The van der Waals surface area contributed by atoms with Crippen molar-refractivity contribution < 1.29 is 13.9 Å². The van der Waals surface area contributed by atoms with E-state index in [2.05, 4.69) is 20.8 Å². The number of ketones is 1. The lowest BCUT2D eigenvalue weighted by atomic mass is 9.70. The van der Waals surface area contributed by atoms with E-state index in [1.165, 1.54) is 19.1 Å². The maximum absolute atomic E-state index is 11.9. The van der Waals surface area contributed by atoms with Gasteiger partial charge in [-0.25, -0.2) is 0 Å². The Morgan fingerprint density at radius 3 is 2.79 bits per heavy atom. The van der Waals surface area contributed by atoms with Crippen molar-refractivity contribution in [1.29, 1.82) is 0 Å². The number of ether oxygens (including phenoxy) is 1. The van der Waals surface area contributed by atoms with Gasteiger partial charge in [0.1, 0.15) is 6.61 Å². The molecule has 0 radical (unpaired) electrons. The van der Waals surface area contributed by atoms with E-state index in [1.807, 2.05) is 0 Å². The Morgan fingerprint density at radius 2 is 2.26 bits per heavy atom. The van der Waals surface area contributed by atoms with E-state index in [4.69, 9.17) is 9.15 Å². The summed E-state index contributed by atoms with van der Waals surface area (Å²) in [6, 6.07) is 3.42. The number of rotatable bonds is 4. The summed E-state index contributed by atoms with van der Waals surface area (Å²) >= 11 is 0. The minimum absolute atomic E-state index is 0.0609. The summed E-state index contributed by atoms with van der Waals surface area (Å²) in [7, 11) is 0. The van der Waals surface area contributed by atoms with Crippen LogP contribution in [0.4, 0.5) is 0 Å². The van der Waals surface area contributed by atoms with Gasteiger partial charge in [-0.05, 0) is 48.1 Å². The maximum atomic E-state index is 11.9. The van der Waals surface area contributed by atoms with Crippen molar-refractivity contribution in [2.75, 3.05) is 6.61 Å². The molecule has 3 nitrogen and oxygen atoms in total. The molecule has 1 aromatic rings. The molecule has 0 spiro atoms. The lowest BCUT2D eigenvalue weighted by Gasteiger charge is -2.38. The van der Waals surface area contributed by atoms with Crippen molar-refractivity contribution >= 4 is 5.78 Å². The van der Waals surface area contributed by atoms with Gasteiger partial charge in [-0.15, -0.1) is 0 Å². The molecule has 2 aliphatic rings. The summed E-state index contributed by atoms with van der Waals surface area (Å²) in [5, 5.41) is 0. The van der Waals surface area contributed by atoms with Gasteiger partial charge in [0.2, 0.25) is 5.78 Å². The molecule has 2 fully saturated rings. The van der Waals surface area contributed by atoms with Crippen LogP contribution in [0.5, 0.6) is 0 Å². The average molecular weight is 262 g/mol. The van der Waals surface area contributed by atoms with Gasteiger partial charge >= 0.3 is 0 Å². The molecule has 1 aromatic heterocycles. The zero-order chi connectivity index (χ0) is 13.7. The van der Waals surface area contributed by atoms with Gasteiger partial charge in [0.25, 0.3) is 0 Å². The second kappa shape index (κ2) is 4.20. The fourth-order valence-electron chi connectivity index (χ4n) is 4.07. The highest BCUT2D eigenvalue weighted by Gasteiger charge is 2.61. The summed E-state index contributed by atoms with van der Waals surface area (Å²) in [6.07, 6.45) is 5.34. The minimum Gasteiger partial charge on any atom is -0.461 e. The van der Waals surface area contributed by atoms with Crippen LogP contribution in [-0.2, 0) is 4.74 Å². The smallest absolute Gasteiger partial charge is 0.223 e. The Labute approximate surface area is 114 Å². The highest BCUT2D eigenvalue weighted by atomic mass is 16.5. The molecule has 19 heavy (non-hydrogen) atoms. The highest BCUT2D eigenvalue weighted by molar-refractivity contribution is 5.94. The van der Waals surface area contributed by atoms with Crippen molar-refractivity contribution in [1.82, 2.24) is 0 Å². The molecule has 3 rings (SSSR count). The van der Waals surface area contributed by atoms with E-state index in [-0.39, 0.29) is 23.9 Å². The Balaban J connectivity index is 1.65. The van der Waals surface area contributed by atoms with Crippen LogP contribution in [0, 0.1) is 16.7 Å². The molecule has 1 heterocycles. The number of hydrogen-bond donors (Lipinski definition) is 0. The van der Waals surface area contributed by atoms with E-state index in [1.54, 1.807) is 12.1 Å². The molecule has 0 aliphatic heterocycles. The monoisotopic (exact) mass is 262 g/mol. The van der Waals surface area contributed by atoms with Crippen LogP contribution in [0.15, 0.2) is 22.8 Å². The summed E-state index contributed by atoms with van der Waals surface area (Å²) in [4.78, 5) is 11.9. The minimum atomic E-state index is -0.0609. The van der Waals surface area contributed by atoms with Crippen molar-refractivity contribution in [3.05, 3.63) is 24.2 Å². The Kier molecular flexibility index (Phi) is 2.86. The molecule has 0 saturated heterocycles. The largest absolute Gasteiger partial charge is 0.461 e. The number of fused-ring (bicyclic) bond motifs is 2. The molecule has 104 valence electrons. The van der Waals surface area contributed by atoms with E-state index < -0.39 is 0 Å². The van der Waals surface area contributed by atoms with Crippen LogP contribution in [0.25, 0.3) is 0 Å². The summed E-state index contributed by atoms with van der Waals surface area (Å²) in [5.41, 5.74) is 0.534. The fraction of sp³-hybridized carbons (Fsp3) is 0.688. The maximum Gasteiger partial charge on any atom is 0.223 e. The van der Waals surface area contributed by atoms with Crippen LogP contribution < -0.4 is 0 Å². The molecule has 0 aromatic carbocycles. The van der Waals surface area contributed by atoms with Gasteiger partial charge in [-0.3, -0.25) is 4.79 Å². The van der Waals surface area contributed by atoms with Gasteiger partial charge in [0.05, 0.1) is 12.4 Å². The first-order chi connectivity index (χ1) is 8.95. The van der Waals surface area contributed by atoms with Gasteiger partial charge in [0, 0.05) is 0 Å². The standard InChI is InChI=1S/C16H22O3/c1-15(2)11-6-7-16(15,3)14(9-11)19-10-12(17)13-5-4-8-18-13/h4-5,8,11,14H,6-7,9-10H2,1-3H3. The topological polar surface area (TPSA) is 39.4 Å². The zero-order valence-electron chi connectivity index (χ0n) is 11.9. The quantitative estimate of drug-likeness (QED) is 0.777. The first kappa shape index (κ1) is 12.9. The first-order valence-corrected chi connectivity index (χ1v) is 7.13. The third-order valence-corrected chi connectivity index (χ3v) is 5.93. The number of carbonyl (C=O) groups excluding carboxylic acids is 1. The lowest BCUT2D eigenvalue weighted by molar-refractivity contribution is -0.0395. The number of carbonyl (C=O) groups is 1. The zero-order valence-corrected chi connectivity index (χ0v) is 11.9. The van der Waals surface area contributed by atoms with Crippen molar-refractivity contribution in [2.45, 2.75) is 46.1 Å². The van der Waals surface area contributed by atoms with Crippen LogP contribution in [0.3, 0.4) is 0 Å². The van der Waals surface area contributed by atoms with E-state index >= 15 is 0 Å². The molecule has 0 N–H and O–H groups in total. The number of Topliss-reactive ketones (excluding diaryl/α,β-unsaturated/α-hetero) is 1. The predicted molar refractivity (Wildman–Crippen MR) is 72.0 cm³/mol. The van der Waals surface area contributed by atoms with E-state index in [0.717, 1.165) is 12.3 Å². The molecule has 2 saturated carbocycles. The van der Waals surface area contributed by atoms with Crippen molar-refractivity contribution in [2.24, 2.45) is 16.7 Å². The van der Waals surface area contributed by atoms with Crippen molar-refractivity contribution in [3.8, 4) is 0 Å². The van der Waals surface area contributed by atoms with Gasteiger partial charge in [0.15, 0.2) is 5.76 Å². The second-order valence-electron chi connectivity index (χ2n) is 6.81. The average Bonchev–Trinajstić information content (AvgIpc) is 3.01. The van der Waals surface area contributed by atoms with Crippen LogP contribution in [0.1, 0.15) is 50.6 Å². The number of hydrogen-bond acceptors (Lipinski definition) is 3. The summed E-state index contributed by atoms with van der Waals surface area (Å²) < 4.78 is 11.1. The SMILES string of the molecule is CC1(C)C2CCC1(C)C(OCC(=O)c1ccco1)C2. The first-order valence-electron chi connectivity index (χ1n) is 7.13. The third kappa shape index (κ3) is 1.78. The molecular weight excluding hydrogens is 240 g/mol. The van der Waals surface area contributed by atoms with Crippen LogP contribution >= 0.6 is 0 Å².